The zero-order valence-electron chi connectivity index (χ0n) is 12.5. The maximum absolute atomic E-state index is 11.6. The average molecular weight is 288 g/mol. The van der Waals surface area contributed by atoms with Crippen LogP contribution in [0.4, 0.5) is 5.82 Å². The maximum Gasteiger partial charge on any atom is 0.222 e. The van der Waals surface area contributed by atoms with E-state index in [2.05, 4.69) is 22.8 Å². The van der Waals surface area contributed by atoms with Crippen molar-refractivity contribution in [2.24, 2.45) is 0 Å². The zero-order chi connectivity index (χ0) is 14.5. The lowest BCUT2D eigenvalue weighted by atomic mass is 9.96. The first-order chi connectivity index (χ1) is 10.3. The highest BCUT2D eigenvalue weighted by Crippen LogP contribution is 2.22. The molecule has 3 heterocycles. The number of carbonyl (C=O) groups is 1. The van der Waals surface area contributed by atoms with Gasteiger partial charge in [0.25, 0.3) is 0 Å². The third kappa shape index (κ3) is 3.73. The van der Waals surface area contributed by atoms with Crippen LogP contribution in [0, 0.1) is 0 Å². The second-order valence-electron chi connectivity index (χ2n) is 5.90. The predicted octanol–water partition coefficient (Wildman–Crippen LogP) is 1.58. The van der Waals surface area contributed by atoms with Gasteiger partial charge >= 0.3 is 0 Å². The summed E-state index contributed by atoms with van der Waals surface area (Å²) in [5.74, 6) is 1.73. The fourth-order valence-corrected chi connectivity index (χ4v) is 3.14. The van der Waals surface area contributed by atoms with Gasteiger partial charge in [-0.15, -0.1) is 0 Å². The Morgan fingerprint density at radius 2 is 2.33 bits per heavy atom. The third-order valence-electron chi connectivity index (χ3n) is 4.35. The van der Waals surface area contributed by atoms with Gasteiger partial charge in [0.2, 0.25) is 5.91 Å². The fourth-order valence-electron chi connectivity index (χ4n) is 3.14. The Kier molecular flexibility index (Phi) is 4.70. The number of likely N-dealkylation sites (tertiary alicyclic amines) is 1. The van der Waals surface area contributed by atoms with Gasteiger partial charge in [-0.25, -0.2) is 4.98 Å². The molecule has 5 heteroatoms. The van der Waals surface area contributed by atoms with Gasteiger partial charge in [0.15, 0.2) is 0 Å². The molecule has 0 bridgehead atoms. The monoisotopic (exact) mass is 288 g/mol. The first-order valence-electron chi connectivity index (χ1n) is 8.02. The Labute approximate surface area is 126 Å². The Balaban J connectivity index is 1.52. The normalized spacial score (nSPS) is 22.6. The van der Waals surface area contributed by atoms with Gasteiger partial charge < -0.3 is 15.5 Å². The quantitative estimate of drug-likeness (QED) is 0.864. The number of hydrogen-bond donors (Lipinski definition) is 2. The molecule has 21 heavy (non-hydrogen) atoms. The van der Waals surface area contributed by atoms with Crippen LogP contribution in [0.3, 0.4) is 0 Å². The molecular formula is C16H24N4O. The topological polar surface area (TPSA) is 57.3 Å². The summed E-state index contributed by atoms with van der Waals surface area (Å²) in [4.78, 5) is 18.2. The number of piperidine rings is 1. The van der Waals surface area contributed by atoms with Crippen LogP contribution in [0.1, 0.15) is 37.3 Å². The molecule has 5 nitrogen and oxygen atoms in total. The molecule has 2 saturated heterocycles. The van der Waals surface area contributed by atoms with E-state index in [-0.39, 0.29) is 5.91 Å². The average Bonchev–Trinajstić information content (AvgIpc) is 2.94. The summed E-state index contributed by atoms with van der Waals surface area (Å²) in [7, 11) is 0. The molecule has 1 atom stereocenters. The first kappa shape index (κ1) is 14.3. The fraction of sp³-hybridized carbons (Fsp3) is 0.625. The number of aromatic nitrogens is 1. The second-order valence-corrected chi connectivity index (χ2v) is 5.90. The predicted molar refractivity (Wildman–Crippen MR) is 83.4 cm³/mol. The maximum atomic E-state index is 11.6. The largest absolute Gasteiger partial charge is 0.368 e. The van der Waals surface area contributed by atoms with Crippen LogP contribution in [0.5, 0.6) is 0 Å². The molecule has 0 aliphatic carbocycles. The summed E-state index contributed by atoms with van der Waals surface area (Å²) < 4.78 is 0. The van der Waals surface area contributed by atoms with E-state index in [0.29, 0.717) is 12.3 Å². The third-order valence-corrected chi connectivity index (χ3v) is 4.35. The van der Waals surface area contributed by atoms with Gasteiger partial charge in [-0.3, -0.25) is 4.79 Å². The van der Waals surface area contributed by atoms with Crippen LogP contribution in [0.25, 0.3) is 0 Å². The molecule has 1 aromatic rings. The van der Waals surface area contributed by atoms with Crippen molar-refractivity contribution in [2.75, 3.05) is 38.0 Å². The van der Waals surface area contributed by atoms with Gasteiger partial charge in [0.05, 0.1) is 0 Å². The van der Waals surface area contributed by atoms with E-state index in [4.69, 9.17) is 4.98 Å². The van der Waals surface area contributed by atoms with Crippen molar-refractivity contribution in [3.63, 3.8) is 0 Å². The van der Waals surface area contributed by atoms with E-state index in [0.717, 1.165) is 45.0 Å². The number of carbonyl (C=O) groups excluding carboxylic acids is 1. The molecular weight excluding hydrogens is 264 g/mol. The van der Waals surface area contributed by atoms with E-state index >= 15 is 0 Å². The first-order valence-corrected chi connectivity index (χ1v) is 8.02. The second kappa shape index (κ2) is 6.89. The molecule has 2 aliphatic heterocycles. The number of hydrogen-bond acceptors (Lipinski definition) is 4. The lowest BCUT2D eigenvalue weighted by molar-refractivity contribution is -0.127. The van der Waals surface area contributed by atoms with Gasteiger partial charge in [0.1, 0.15) is 5.82 Å². The van der Waals surface area contributed by atoms with Crippen LogP contribution in [-0.2, 0) is 4.79 Å². The van der Waals surface area contributed by atoms with Crippen LogP contribution in [0.15, 0.2) is 18.2 Å². The van der Waals surface area contributed by atoms with Gasteiger partial charge in [-0.05, 0) is 37.9 Å². The van der Waals surface area contributed by atoms with Crippen molar-refractivity contribution in [1.82, 2.24) is 15.2 Å². The summed E-state index contributed by atoms with van der Waals surface area (Å²) in [6.45, 7) is 4.60. The Morgan fingerprint density at radius 3 is 3.10 bits per heavy atom. The van der Waals surface area contributed by atoms with Crippen molar-refractivity contribution in [3.8, 4) is 0 Å². The highest BCUT2D eigenvalue weighted by molar-refractivity contribution is 5.78. The van der Waals surface area contributed by atoms with E-state index in [1.807, 2.05) is 11.0 Å². The number of pyridine rings is 1. The molecule has 0 saturated carbocycles. The molecule has 2 fully saturated rings. The number of amides is 1. The lowest BCUT2D eigenvalue weighted by Gasteiger charge is -2.22. The minimum absolute atomic E-state index is 0.284. The van der Waals surface area contributed by atoms with Crippen molar-refractivity contribution >= 4 is 11.7 Å². The molecule has 114 valence electrons. The number of nitrogens with one attached hydrogen (secondary N) is 2. The molecule has 1 unspecified atom stereocenters. The van der Waals surface area contributed by atoms with Gasteiger partial charge in [-0.1, -0.05) is 6.07 Å². The minimum Gasteiger partial charge on any atom is -0.368 e. The molecule has 2 aliphatic rings. The molecule has 1 amide bonds. The van der Waals surface area contributed by atoms with Crippen LogP contribution in [-0.4, -0.2) is 48.5 Å². The number of anilines is 1. The van der Waals surface area contributed by atoms with E-state index in [1.165, 1.54) is 18.5 Å². The summed E-state index contributed by atoms with van der Waals surface area (Å²) in [5, 5.41) is 6.78. The SMILES string of the molecule is O=C1CCCN1CCNc1cccc(C2CCCNC2)n1. The summed E-state index contributed by atoms with van der Waals surface area (Å²) >= 11 is 0. The van der Waals surface area contributed by atoms with Gasteiger partial charge in [-0.2, -0.15) is 0 Å². The summed E-state index contributed by atoms with van der Waals surface area (Å²) in [6.07, 6.45) is 4.15. The molecule has 2 N–H and O–H groups in total. The molecule has 0 radical (unpaired) electrons. The number of nitrogens with zero attached hydrogens (tertiary/aromatic N) is 2. The zero-order valence-corrected chi connectivity index (χ0v) is 12.5. The smallest absolute Gasteiger partial charge is 0.222 e. The van der Waals surface area contributed by atoms with Crippen molar-refractivity contribution < 1.29 is 4.79 Å². The Morgan fingerprint density at radius 1 is 1.38 bits per heavy atom. The molecule has 0 aromatic carbocycles. The van der Waals surface area contributed by atoms with Crippen molar-refractivity contribution in [2.45, 2.75) is 31.6 Å². The number of rotatable bonds is 5. The van der Waals surface area contributed by atoms with E-state index < -0.39 is 0 Å². The van der Waals surface area contributed by atoms with Crippen LogP contribution >= 0.6 is 0 Å². The van der Waals surface area contributed by atoms with Crippen LogP contribution in [0.2, 0.25) is 0 Å². The minimum atomic E-state index is 0.284. The Bertz CT molecular complexity index is 485. The summed E-state index contributed by atoms with van der Waals surface area (Å²) in [5.41, 5.74) is 1.17. The molecule has 0 spiro atoms. The highest BCUT2D eigenvalue weighted by atomic mass is 16.2. The molecule has 1 aromatic heterocycles. The lowest BCUT2D eigenvalue weighted by Crippen LogP contribution is -2.30. The Hall–Kier alpha value is -1.62. The van der Waals surface area contributed by atoms with E-state index in [1.54, 1.807) is 0 Å². The van der Waals surface area contributed by atoms with Gasteiger partial charge in [0, 0.05) is 44.2 Å². The standard InChI is InChI=1S/C16H24N4O/c21-16-7-3-10-20(16)11-9-18-15-6-1-5-14(19-15)13-4-2-8-17-12-13/h1,5-6,13,17H,2-4,7-12H2,(H,18,19). The van der Waals surface area contributed by atoms with Crippen molar-refractivity contribution in [1.29, 1.82) is 0 Å². The highest BCUT2D eigenvalue weighted by Gasteiger charge is 2.19. The van der Waals surface area contributed by atoms with Crippen LogP contribution < -0.4 is 10.6 Å². The van der Waals surface area contributed by atoms with Crippen molar-refractivity contribution in [3.05, 3.63) is 23.9 Å². The van der Waals surface area contributed by atoms with E-state index in [9.17, 15) is 4.79 Å². The summed E-state index contributed by atoms with van der Waals surface area (Å²) in [6, 6.07) is 6.19. The molecule has 3 rings (SSSR count).